The van der Waals surface area contributed by atoms with Crippen molar-refractivity contribution >= 4 is 0 Å². The first-order valence-electron chi connectivity index (χ1n) is 3.99. The minimum Gasteiger partial charge on any atom is -0.402 e. The maximum Gasteiger partial charge on any atom is 0.00866 e. The van der Waals surface area contributed by atoms with Gasteiger partial charge in [-0.15, -0.1) is 0 Å². The van der Waals surface area contributed by atoms with E-state index in [2.05, 4.69) is 26.8 Å². The van der Waals surface area contributed by atoms with Gasteiger partial charge in [-0.1, -0.05) is 32.9 Å². The summed E-state index contributed by atoms with van der Waals surface area (Å²) in [4.78, 5) is 0. The van der Waals surface area contributed by atoms with Gasteiger partial charge in [0.25, 0.3) is 0 Å². The summed E-state index contributed by atoms with van der Waals surface area (Å²) in [5.41, 5.74) is 8.03. The minimum absolute atomic E-state index is 0.158. The Bertz CT molecular complexity index is 176. The van der Waals surface area contributed by atoms with Crippen LogP contribution < -0.4 is 5.73 Å². The third-order valence-corrected chi connectivity index (χ3v) is 1.57. The molecule has 0 amide bonds. The van der Waals surface area contributed by atoms with Crippen molar-refractivity contribution in [1.29, 1.82) is 0 Å². The van der Waals surface area contributed by atoms with Crippen LogP contribution in [-0.4, -0.2) is 0 Å². The fourth-order valence-electron chi connectivity index (χ4n) is 1.14. The number of nitrogens with two attached hydrogens (primary N) is 1. The van der Waals surface area contributed by atoms with Crippen molar-refractivity contribution in [2.45, 2.75) is 34.6 Å². The van der Waals surface area contributed by atoms with Crippen LogP contribution in [0.1, 0.15) is 34.6 Å². The lowest BCUT2D eigenvalue weighted by Gasteiger charge is -2.21. The van der Waals surface area contributed by atoms with Crippen LogP contribution in [0, 0.1) is 5.41 Å². The van der Waals surface area contributed by atoms with Gasteiger partial charge in [-0.25, -0.2) is 0 Å². The molecule has 11 heavy (non-hydrogen) atoms. The van der Waals surface area contributed by atoms with Gasteiger partial charge in [-0.3, -0.25) is 0 Å². The number of hydrogen-bond donors (Lipinski definition) is 1. The van der Waals surface area contributed by atoms with Gasteiger partial charge in [0.15, 0.2) is 0 Å². The van der Waals surface area contributed by atoms with E-state index in [1.54, 1.807) is 0 Å². The summed E-state index contributed by atoms with van der Waals surface area (Å²) >= 11 is 0. The molecule has 0 fully saturated rings. The lowest BCUT2D eigenvalue weighted by molar-refractivity contribution is 0.511. The Morgan fingerprint density at radius 2 is 1.73 bits per heavy atom. The molecule has 64 valence electrons. The molecule has 0 atom stereocenters. The quantitative estimate of drug-likeness (QED) is 0.576. The Hall–Kier alpha value is -0.720. The molecular weight excluding hydrogens is 134 g/mol. The summed E-state index contributed by atoms with van der Waals surface area (Å²) in [5, 5.41) is 0. The van der Waals surface area contributed by atoms with E-state index in [0.29, 0.717) is 0 Å². The predicted molar refractivity (Wildman–Crippen MR) is 51.2 cm³/mol. The van der Waals surface area contributed by atoms with Gasteiger partial charge in [-0.05, 0) is 24.8 Å². The summed E-state index contributed by atoms with van der Waals surface area (Å²) in [6.45, 7) is 10.4. The molecule has 0 aliphatic heterocycles. The first kappa shape index (κ1) is 10.3. The lowest BCUT2D eigenvalue weighted by atomic mass is 9.85. The fraction of sp³-hybridized carbons (Fsp3) is 0.600. The van der Waals surface area contributed by atoms with E-state index < -0.39 is 0 Å². The number of rotatable bonds is 1. The van der Waals surface area contributed by atoms with Gasteiger partial charge in [0.05, 0.1) is 0 Å². The maximum absolute atomic E-state index is 5.74. The second-order valence-corrected chi connectivity index (χ2v) is 3.85. The van der Waals surface area contributed by atoms with E-state index in [4.69, 9.17) is 5.73 Å². The summed E-state index contributed by atoms with van der Waals surface area (Å²) in [6, 6.07) is 0. The summed E-state index contributed by atoms with van der Waals surface area (Å²) in [5.74, 6) is 0. The highest BCUT2D eigenvalue weighted by atomic mass is 14.6. The zero-order chi connectivity index (χ0) is 9.07. The van der Waals surface area contributed by atoms with Crippen LogP contribution >= 0.6 is 0 Å². The number of hydrogen-bond acceptors (Lipinski definition) is 1. The zero-order valence-electron chi connectivity index (χ0n) is 8.23. The maximum atomic E-state index is 5.74. The van der Waals surface area contributed by atoms with E-state index >= 15 is 0 Å². The molecule has 2 N–H and O–H groups in total. The van der Waals surface area contributed by atoms with Gasteiger partial charge in [0, 0.05) is 5.70 Å². The highest BCUT2D eigenvalue weighted by molar-refractivity contribution is 5.27. The molecule has 0 rings (SSSR count). The van der Waals surface area contributed by atoms with Gasteiger partial charge in [-0.2, -0.15) is 0 Å². The number of allylic oxidation sites excluding steroid dienone is 4. The van der Waals surface area contributed by atoms with Crippen LogP contribution in [0.5, 0.6) is 0 Å². The van der Waals surface area contributed by atoms with Crippen molar-refractivity contribution in [1.82, 2.24) is 0 Å². The average Bonchev–Trinajstić information content (AvgIpc) is 1.79. The van der Waals surface area contributed by atoms with E-state index in [0.717, 1.165) is 5.70 Å². The van der Waals surface area contributed by atoms with Gasteiger partial charge < -0.3 is 5.73 Å². The normalized spacial score (nSPS) is 15.4. The van der Waals surface area contributed by atoms with Gasteiger partial charge in [0.1, 0.15) is 0 Å². The molecule has 0 saturated carbocycles. The Kier molecular flexibility index (Phi) is 3.37. The van der Waals surface area contributed by atoms with Crippen molar-refractivity contribution in [2.75, 3.05) is 0 Å². The second-order valence-electron chi connectivity index (χ2n) is 3.85. The summed E-state index contributed by atoms with van der Waals surface area (Å²) in [7, 11) is 0. The average molecular weight is 153 g/mol. The van der Waals surface area contributed by atoms with Gasteiger partial charge in [0.2, 0.25) is 0 Å². The molecule has 0 aliphatic carbocycles. The summed E-state index contributed by atoms with van der Waals surface area (Å²) in [6.07, 6.45) is 4.10. The smallest absolute Gasteiger partial charge is 0.00866 e. The standard InChI is InChI=1S/C10H19N/c1-6-7-9(8(2)11)10(3,4)5/h6-7H,11H2,1-5H3/b7-6-,9-8-. The third kappa shape index (κ3) is 3.26. The summed E-state index contributed by atoms with van der Waals surface area (Å²) < 4.78 is 0. The highest BCUT2D eigenvalue weighted by Gasteiger charge is 2.15. The van der Waals surface area contributed by atoms with Crippen LogP contribution in [-0.2, 0) is 0 Å². The molecule has 1 nitrogen and oxygen atoms in total. The Labute approximate surface area is 70.0 Å². The van der Waals surface area contributed by atoms with E-state index in [9.17, 15) is 0 Å². The molecule has 0 aromatic heterocycles. The van der Waals surface area contributed by atoms with Crippen LogP contribution in [0.15, 0.2) is 23.4 Å². The van der Waals surface area contributed by atoms with E-state index in [1.165, 1.54) is 5.57 Å². The predicted octanol–water partition coefficient (Wildman–Crippen LogP) is 2.84. The zero-order valence-corrected chi connectivity index (χ0v) is 8.23. The Balaban J connectivity index is 4.79. The molecule has 1 heteroatoms. The van der Waals surface area contributed by atoms with Crippen molar-refractivity contribution in [3.63, 3.8) is 0 Å². The molecule has 0 aliphatic rings. The van der Waals surface area contributed by atoms with E-state index in [-0.39, 0.29) is 5.41 Å². The van der Waals surface area contributed by atoms with Crippen LogP contribution in [0.3, 0.4) is 0 Å². The molecule has 0 unspecified atom stereocenters. The molecule has 0 spiro atoms. The fourth-order valence-corrected chi connectivity index (χ4v) is 1.14. The molecule has 0 aromatic carbocycles. The van der Waals surface area contributed by atoms with Crippen molar-refractivity contribution < 1.29 is 0 Å². The Morgan fingerprint density at radius 3 is 1.82 bits per heavy atom. The van der Waals surface area contributed by atoms with Crippen LogP contribution in [0.4, 0.5) is 0 Å². The van der Waals surface area contributed by atoms with Crippen molar-refractivity contribution in [3.8, 4) is 0 Å². The Morgan fingerprint density at radius 1 is 1.27 bits per heavy atom. The van der Waals surface area contributed by atoms with E-state index in [1.807, 2.05) is 19.9 Å². The largest absolute Gasteiger partial charge is 0.402 e. The minimum atomic E-state index is 0.158. The molecular formula is C10H19N. The molecule has 0 radical (unpaired) electrons. The van der Waals surface area contributed by atoms with Gasteiger partial charge >= 0.3 is 0 Å². The van der Waals surface area contributed by atoms with Crippen molar-refractivity contribution in [3.05, 3.63) is 23.4 Å². The molecule has 0 heterocycles. The first-order chi connectivity index (χ1) is 4.89. The highest BCUT2D eigenvalue weighted by Crippen LogP contribution is 2.27. The van der Waals surface area contributed by atoms with Crippen LogP contribution in [0.2, 0.25) is 0 Å². The second kappa shape index (κ2) is 3.61. The van der Waals surface area contributed by atoms with Crippen molar-refractivity contribution in [2.24, 2.45) is 11.1 Å². The molecule has 0 bridgehead atoms. The monoisotopic (exact) mass is 153 g/mol. The SMILES string of the molecule is C/C=C\C(=C(/C)N)C(C)(C)C. The lowest BCUT2D eigenvalue weighted by Crippen LogP contribution is -2.12. The first-order valence-corrected chi connectivity index (χ1v) is 3.99. The van der Waals surface area contributed by atoms with Crippen LogP contribution in [0.25, 0.3) is 0 Å². The third-order valence-electron chi connectivity index (χ3n) is 1.57. The molecule has 0 aromatic rings. The molecule has 0 saturated heterocycles. The topological polar surface area (TPSA) is 26.0 Å².